The van der Waals surface area contributed by atoms with Crippen LogP contribution in [0.15, 0.2) is 42.5 Å². The van der Waals surface area contributed by atoms with E-state index in [1.807, 2.05) is 30.3 Å². The van der Waals surface area contributed by atoms with Gasteiger partial charge in [0.25, 0.3) is 0 Å². The first-order valence-electron chi connectivity index (χ1n) is 13.0. The van der Waals surface area contributed by atoms with E-state index in [-0.39, 0.29) is 14.4 Å². The summed E-state index contributed by atoms with van der Waals surface area (Å²) in [6.07, 6.45) is 12.0. The Hall–Kier alpha value is -2.27. The monoisotopic (exact) mass is 483 g/mol. The summed E-state index contributed by atoms with van der Waals surface area (Å²) in [6, 6.07) is 14.3. The topological polar surface area (TPSA) is 55.8 Å². The smallest absolute Gasteiger partial charge is 0.336 e. The average molecular weight is 484 g/mol. The second kappa shape index (κ2) is 16.4. The van der Waals surface area contributed by atoms with Gasteiger partial charge in [0.05, 0.1) is 18.8 Å². The molecule has 2 rings (SSSR count). The highest BCUT2D eigenvalue weighted by Crippen LogP contribution is 2.41. The van der Waals surface area contributed by atoms with Gasteiger partial charge in [0, 0.05) is 14.4 Å². The summed E-state index contributed by atoms with van der Waals surface area (Å²) in [6.45, 7) is 8.07. The first-order valence-corrected chi connectivity index (χ1v) is 15.8. The Morgan fingerprint density at radius 3 is 2.06 bits per heavy atom. The third kappa shape index (κ3) is 9.92. The number of ether oxygens (including phenoxy) is 2. The largest absolute Gasteiger partial charge is 0.490 e. The van der Waals surface area contributed by atoms with E-state index in [4.69, 9.17) is 9.47 Å². The zero-order valence-corrected chi connectivity index (χ0v) is 22.4. The van der Waals surface area contributed by atoms with Crippen molar-refractivity contribution < 1.29 is 19.4 Å². The molecule has 0 atom stereocenters. The lowest BCUT2D eigenvalue weighted by atomic mass is 9.98. The van der Waals surface area contributed by atoms with E-state index in [1.54, 1.807) is 12.1 Å². The SMILES string of the molecule is CCCCCCCCCCOc1ccc(C(=O)O)c(-c2ccccc2)c1OCCCC[Si](C)C. The minimum Gasteiger partial charge on any atom is -0.490 e. The molecule has 0 heterocycles. The number of unbranched alkanes of at least 4 members (excludes halogenated alkanes) is 8. The fourth-order valence-corrected chi connectivity index (χ4v) is 5.02. The lowest BCUT2D eigenvalue weighted by Crippen LogP contribution is -2.08. The second-order valence-corrected chi connectivity index (χ2v) is 12.2. The lowest BCUT2D eigenvalue weighted by Gasteiger charge is -2.19. The van der Waals surface area contributed by atoms with Crippen LogP contribution >= 0.6 is 0 Å². The van der Waals surface area contributed by atoms with E-state index in [1.165, 1.54) is 44.6 Å². The van der Waals surface area contributed by atoms with Crippen molar-refractivity contribution in [2.45, 2.75) is 90.3 Å². The van der Waals surface area contributed by atoms with Crippen molar-refractivity contribution in [3.05, 3.63) is 48.0 Å². The summed E-state index contributed by atoms with van der Waals surface area (Å²) in [7, 11) is -0.240. The van der Waals surface area contributed by atoms with Crippen LogP contribution in [0.1, 0.15) is 81.5 Å². The fraction of sp³-hybridized carbons (Fsp3) is 0.552. The fourth-order valence-electron chi connectivity index (χ4n) is 4.06. The molecule has 0 unspecified atom stereocenters. The summed E-state index contributed by atoms with van der Waals surface area (Å²) in [4.78, 5) is 12.0. The lowest BCUT2D eigenvalue weighted by molar-refractivity contribution is 0.0697. The molecule has 0 amide bonds. The predicted octanol–water partition coefficient (Wildman–Crippen LogP) is 8.48. The molecule has 0 aliphatic carbocycles. The number of rotatable bonds is 18. The van der Waals surface area contributed by atoms with Crippen molar-refractivity contribution in [1.29, 1.82) is 0 Å². The highest BCUT2D eigenvalue weighted by molar-refractivity contribution is 6.55. The molecule has 0 spiro atoms. The van der Waals surface area contributed by atoms with Gasteiger partial charge in [-0.15, -0.1) is 0 Å². The number of hydrogen-bond donors (Lipinski definition) is 1. The Labute approximate surface area is 208 Å². The molecule has 0 bridgehead atoms. The molecule has 2 aromatic rings. The minimum absolute atomic E-state index is 0.240. The molecule has 0 fully saturated rings. The molecule has 1 N–H and O–H groups in total. The molecule has 5 heteroatoms. The molecule has 0 saturated carbocycles. The Kier molecular flexibility index (Phi) is 13.5. The molecular weight excluding hydrogens is 440 g/mol. The van der Waals surface area contributed by atoms with E-state index in [9.17, 15) is 9.90 Å². The van der Waals surface area contributed by atoms with Crippen molar-refractivity contribution in [2.24, 2.45) is 0 Å². The molecule has 1 radical (unpaired) electrons. The van der Waals surface area contributed by atoms with Gasteiger partial charge in [-0.05, 0) is 30.5 Å². The number of benzene rings is 2. The van der Waals surface area contributed by atoms with Crippen LogP contribution in [0.3, 0.4) is 0 Å². The Morgan fingerprint density at radius 2 is 1.41 bits per heavy atom. The summed E-state index contributed by atoms with van der Waals surface area (Å²) >= 11 is 0. The van der Waals surface area contributed by atoms with Crippen LogP contribution in [-0.2, 0) is 0 Å². The number of carbonyl (C=O) groups is 1. The Balaban J connectivity index is 2.10. The summed E-state index contributed by atoms with van der Waals surface area (Å²) in [5.41, 5.74) is 1.69. The third-order valence-electron chi connectivity index (χ3n) is 5.99. The van der Waals surface area contributed by atoms with Crippen molar-refractivity contribution >= 4 is 14.8 Å². The summed E-state index contributed by atoms with van der Waals surface area (Å²) in [5.74, 6) is 0.245. The van der Waals surface area contributed by atoms with Gasteiger partial charge in [-0.3, -0.25) is 0 Å². The molecule has 4 nitrogen and oxygen atoms in total. The standard InChI is InChI=1S/C29H43O4Si/c1-4-5-6-7-8-9-10-14-21-32-26-20-19-25(29(30)31)27(24-17-12-11-13-18-24)28(26)33-22-15-16-23-34(2)3/h11-13,17-20H,4-10,14-16,21-23H2,1-3H3,(H,30,31). The predicted molar refractivity (Wildman–Crippen MR) is 144 cm³/mol. The zero-order chi connectivity index (χ0) is 24.6. The maximum atomic E-state index is 12.0. The normalized spacial score (nSPS) is 11.1. The van der Waals surface area contributed by atoms with E-state index < -0.39 is 5.97 Å². The molecule has 2 aromatic carbocycles. The van der Waals surface area contributed by atoms with Crippen LogP contribution in [0.4, 0.5) is 0 Å². The van der Waals surface area contributed by atoms with Crippen LogP contribution < -0.4 is 9.47 Å². The molecule has 34 heavy (non-hydrogen) atoms. The average Bonchev–Trinajstić information content (AvgIpc) is 2.83. The first kappa shape index (κ1) is 28.0. The number of carboxylic acids is 1. The quantitative estimate of drug-likeness (QED) is 0.171. The van der Waals surface area contributed by atoms with E-state index in [0.717, 1.165) is 31.2 Å². The van der Waals surface area contributed by atoms with Gasteiger partial charge in [-0.2, -0.15) is 0 Å². The van der Waals surface area contributed by atoms with Crippen LogP contribution in [0.2, 0.25) is 19.1 Å². The van der Waals surface area contributed by atoms with Crippen molar-refractivity contribution in [3.63, 3.8) is 0 Å². The molecule has 0 saturated heterocycles. The van der Waals surface area contributed by atoms with Crippen molar-refractivity contribution in [3.8, 4) is 22.6 Å². The van der Waals surface area contributed by atoms with Crippen LogP contribution in [0.25, 0.3) is 11.1 Å². The van der Waals surface area contributed by atoms with E-state index in [0.29, 0.717) is 30.3 Å². The molecule has 0 aliphatic heterocycles. The molecule has 0 aromatic heterocycles. The minimum atomic E-state index is -0.956. The van der Waals surface area contributed by atoms with Gasteiger partial charge in [-0.1, -0.05) is 108 Å². The zero-order valence-electron chi connectivity index (χ0n) is 21.4. The van der Waals surface area contributed by atoms with Gasteiger partial charge >= 0.3 is 5.97 Å². The van der Waals surface area contributed by atoms with Crippen LogP contribution in [0.5, 0.6) is 11.5 Å². The molecular formula is C29H43O4Si. The summed E-state index contributed by atoms with van der Waals surface area (Å²) in [5, 5.41) is 9.87. The maximum absolute atomic E-state index is 12.0. The second-order valence-electron chi connectivity index (χ2n) is 9.32. The Bertz CT molecular complexity index is 836. The number of carboxylic acid groups (broad SMARTS) is 1. The highest BCUT2D eigenvalue weighted by Gasteiger charge is 2.21. The molecule has 0 aliphatic rings. The van der Waals surface area contributed by atoms with Crippen LogP contribution in [-0.4, -0.2) is 33.1 Å². The van der Waals surface area contributed by atoms with E-state index >= 15 is 0 Å². The Morgan fingerprint density at radius 1 is 0.794 bits per heavy atom. The molecule has 187 valence electrons. The number of hydrogen-bond acceptors (Lipinski definition) is 3. The third-order valence-corrected chi connectivity index (χ3v) is 7.34. The van der Waals surface area contributed by atoms with Gasteiger partial charge in [0.1, 0.15) is 0 Å². The van der Waals surface area contributed by atoms with Gasteiger partial charge in [0.15, 0.2) is 11.5 Å². The van der Waals surface area contributed by atoms with E-state index in [2.05, 4.69) is 20.0 Å². The van der Waals surface area contributed by atoms with Crippen molar-refractivity contribution in [2.75, 3.05) is 13.2 Å². The van der Waals surface area contributed by atoms with Crippen LogP contribution in [0, 0.1) is 0 Å². The highest BCUT2D eigenvalue weighted by atomic mass is 28.3. The van der Waals surface area contributed by atoms with Crippen molar-refractivity contribution in [1.82, 2.24) is 0 Å². The summed E-state index contributed by atoms with van der Waals surface area (Å²) < 4.78 is 12.4. The van der Waals surface area contributed by atoms with Gasteiger partial charge in [-0.25, -0.2) is 4.79 Å². The van der Waals surface area contributed by atoms with Gasteiger partial charge in [0.2, 0.25) is 0 Å². The van der Waals surface area contributed by atoms with Gasteiger partial charge < -0.3 is 14.6 Å². The first-order chi connectivity index (χ1) is 16.5. The number of aromatic carboxylic acids is 1. The maximum Gasteiger partial charge on any atom is 0.336 e.